The number of carbonyl (C=O) groups is 1. The predicted molar refractivity (Wildman–Crippen MR) is 70.6 cm³/mol. The first-order valence-corrected chi connectivity index (χ1v) is 7.17. The zero-order valence-corrected chi connectivity index (χ0v) is 11.7. The summed E-state index contributed by atoms with van der Waals surface area (Å²) in [5.41, 5.74) is -0.727. The van der Waals surface area contributed by atoms with Crippen LogP contribution >= 0.6 is 0 Å². The molecule has 100 valence electrons. The van der Waals surface area contributed by atoms with Crippen LogP contribution in [0.2, 0.25) is 0 Å². The molecule has 4 atom stereocenters. The minimum absolute atomic E-state index is 0.0605. The van der Waals surface area contributed by atoms with E-state index in [0.29, 0.717) is 12.3 Å². The third-order valence-corrected chi connectivity index (χ3v) is 5.12. The topological polar surface area (TPSA) is 52.9 Å². The van der Waals surface area contributed by atoms with Gasteiger partial charge in [0.1, 0.15) is 5.54 Å². The van der Waals surface area contributed by atoms with Gasteiger partial charge in [0.05, 0.1) is 6.07 Å². The molecule has 3 heteroatoms. The highest BCUT2D eigenvalue weighted by molar-refractivity contribution is 5.77. The second kappa shape index (κ2) is 4.91. The van der Waals surface area contributed by atoms with E-state index in [-0.39, 0.29) is 11.8 Å². The molecule has 0 radical (unpaired) electrons. The lowest BCUT2D eigenvalue weighted by Crippen LogP contribution is -2.49. The van der Waals surface area contributed by atoms with Crippen LogP contribution in [0.1, 0.15) is 52.9 Å². The molecule has 2 bridgehead atoms. The van der Waals surface area contributed by atoms with Crippen molar-refractivity contribution in [2.24, 2.45) is 23.7 Å². The maximum absolute atomic E-state index is 12.1. The molecule has 18 heavy (non-hydrogen) atoms. The Bertz CT molecular complexity index is 371. The van der Waals surface area contributed by atoms with Gasteiger partial charge in [-0.1, -0.05) is 20.3 Å². The first kappa shape index (κ1) is 13.4. The molecule has 1 amide bonds. The number of nitrogens with zero attached hydrogens (tertiary/aromatic N) is 1. The van der Waals surface area contributed by atoms with E-state index in [4.69, 9.17) is 0 Å². The van der Waals surface area contributed by atoms with E-state index < -0.39 is 5.54 Å². The number of nitriles is 1. The predicted octanol–water partition coefficient (Wildman–Crippen LogP) is 2.87. The van der Waals surface area contributed by atoms with Crippen molar-refractivity contribution >= 4 is 5.91 Å². The van der Waals surface area contributed by atoms with Crippen LogP contribution in [-0.4, -0.2) is 11.4 Å². The summed E-state index contributed by atoms with van der Waals surface area (Å²) in [6, 6.07) is 2.24. The van der Waals surface area contributed by atoms with Gasteiger partial charge in [0, 0.05) is 6.42 Å². The molecule has 0 aliphatic heterocycles. The maximum atomic E-state index is 12.1. The van der Waals surface area contributed by atoms with Gasteiger partial charge >= 0.3 is 0 Å². The third kappa shape index (κ3) is 2.53. The summed E-state index contributed by atoms with van der Waals surface area (Å²) in [6.45, 7) is 5.76. The molecule has 0 aromatic heterocycles. The van der Waals surface area contributed by atoms with Crippen LogP contribution < -0.4 is 5.32 Å². The molecule has 0 unspecified atom stereocenters. The number of carbonyl (C=O) groups excluding carboxylic acids is 1. The number of amides is 1. The van der Waals surface area contributed by atoms with Crippen LogP contribution in [0.15, 0.2) is 0 Å². The van der Waals surface area contributed by atoms with Crippen molar-refractivity contribution in [2.75, 3.05) is 0 Å². The summed E-state index contributed by atoms with van der Waals surface area (Å²) in [5.74, 6) is 2.41. The Morgan fingerprint density at radius 1 is 1.44 bits per heavy atom. The Morgan fingerprint density at radius 2 is 2.17 bits per heavy atom. The lowest BCUT2D eigenvalue weighted by molar-refractivity contribution is -0.124. The Morgan fingerprint density at radius 3 is 2.61 bits per heavy atom. The minimum Gasteiger partial charge on any atom is -0.338 e. The van der Waals surface area contributed by atoms with E-state index in [0.717, 1.165) is 11.8 Å². The lowest BCUT2D eigenvalue weighted by Gasteiger charge is -2.29. The normalized spacial score (nSPS) is 33.2. The summed E-state index contributed by atoms with van der Waals surface area (Å²) in [5, 5.41) is 12.1. The van der Waals surface area contributed by atoms with Crippen molar-refractivity contribution in [1.29, 1.82) is 5.26 Å². The van der Waals surface area contributed by atoms with Gasteiger partial charge in [-0.25, -0.2) is 0 Å². The minimum atomic E-state index is -0.727. The summed E-state index contributed by atoms with van der Waals surface area (Å²) in [7, 11) is 0. The Labute approximate surface area is 110 Å². The molecule has 2 rings (SSSR count). The molecule has 1 N–H and O–H groups in total. The van der Waals surface area contributed by atoms with Crippen LogP contribution in [0.3, 0.4) is 0 Å². The standard InChI is InChI=1S/C15H24N2O/c1-10(2)15(3,9-16)17-14(18)8-13-7-11-4-5-12(13)6-11/h10-13H,4-8H2,1-3H3,(H,17,18)/t11-,12-,13+,15+/m0/s1. The molecule has 2 aliphatic carbocycles. The van der Waals surface area contributed by atoms with E-state index in [2.05, 4.69) is 11.4 Å². The highest BCUT2D eigenvalue weighted by Crippen LogP contribution is 2.49. The molecule has 3 nitrogen and oxygen atoms in total. The van der Waals surface area contributed by atoms with Gasteiger partial charge in [-0.05, 0) is 49.9 Å². The second-order valence-electron chi connectivity index (χ2n) is 6.66. The second-order valence-corrected chi connectivity index (χ2v) is 6.66. The van der Waals surface area contributed by atoms with Gasteiger partial charge in [0.15, 0.2) is 0 Å². The van der Waals surface area contributed by atoms with Crippen molar-refractivity contribution in [3.63, 3.8) is 0 Å². The number of fused-ring (bicyclic) bond motifs is 2. The molecular weight excluding hydrogens is 224 g/mol. The monoisotopic (exact) mass is 248 g/mol. The van der Waals surface area contributed by atoms with E-state index in [1.165, 1.54) is 25.7 Å². The third-order valence-electron chi connectivity index (χ3n) is 5.12. The van der Waals surface area contributed by atoms with Crippen molar-refractivity contribution in [3.05, 3.63) is 0 Å². The fourth-order valence-electron chi connectivity index (χ4n) is 3.51. The van der Waals surface area contributed by atoms with Gasteiger partial charge in [0.25, 0.3) is 0 Å². The largest absolute Gasteiger partial charge is 0.338 e. The average Bonchev–Trinajstić information content (AvgIpc) is 2.90. The first-order valence-electron chi connectivity index (χ1n) is 7.17. The maximum Gasteiger partial charge on any atom is 0.221 e. The van der Waals surface area contributed by atoms with Gasteiger partial charge in [-0.2, -0.15) is 5.26 Å². The van der Waals surface area contributed by atoms with Gasteiger partial charge < -0.3 is 5.32 Å². The zero-order chi connectivity index (χ0) is 13.3. The molecule has 2 saturated carbocycles. The fourth-order valence-corrected chi connectivity index (χ4v) is 3.51. The van der Waals surface area contributed by atoms with E-state index >= 15 is 0 Å². The van der Waals surface area contributed by atoms with Gasteiger partial charge in [0.2, 0.25) is 5.91 Å². The van der Waals surface area contributed by atoms with Gasteiger partial charge in [-0.3, -0.25) is 4.79 Å². The summed E-state index contributed by atoms with van der Waals surface area (Å²) >= 11 is 0. The smallest absolute Gasteiger partial charge is 0.221 e. The number of hydrogen-bond donors (Lipinski definition) is 1. The van der Waals surface area contributed by atoms with Crippen LogP contribution in [0.5, 0.6) is 0 Å². The highest BCUT2D eigenvalue weighted by atomic mass is 16.1. The SMILES string of the molecule is CC(C)[C@@](C)(C#N)NC(=O)C[C@H]1C[C@H]2CC[C@H]1C2. The number of rotatable bonds is 4. The van der Waals surface area contributed by atoms with Crippen LogP contribution in [0, 0.1) is 35.0 Å². The summed E-state index contributed by atoms with van der Waals surface area (Å²) in [6.07, 6.45) is 5.85. The van der Waals surface area contributed by atoms with Crippen LogP contribution in [0.4, 0.5) is 0 Å². The highest BCUT2D eigenvalue weighted by Gasteiger charge is 2.41. The quantitative estimate of drug-likeness (QED) is 0.831. The van der Waals surface area contributed by atoms with Crippen molar-refractivity contribution < 1.29 is 4.79 Å². The number of hydrogen-bond acceptors (Lipinski definition) is 2. The van der Waals surface area contributed by atoms with E-state index in [1.807, 2.05) is 20.8 Å². The van der Waals surface area contributed by atoms with Gasteiger partial charge in [-0.15, -0.1) is 0 Å². The molecule has 0 spiro atoms. The summed E-state index contributed by atoms with van der Waals surface area (Å²) < 4.78 is 0. The van der Waals surface area contributed by atoms with Crippen LogP contribution in [0.25, 0.3) is 0 Å². The van der Waals surface area contributed by atoms with E-state index in [9.17, 15) is 10.1 Å². The van der Waals surface area contributed by atoms with Crippen LogP contribution in [-0.2, 0) is 4.79 Å². The molecule has 2 fully saturated rings. The zero-order valence-electron chi connectivity index (χ0n) is 11.7. The molecule has 0 aromatic carbocycles. The molecule has 0 saturated heterocycles. The average molecular weight is 248 g/mol. The molecule has 0 aromatic rings. The fraction of sp³-hybridized carbons (Fsp3) is 0.867. The van der Waals surface area contributed by atoms with Crippen molar-refractivity contribution in [2.45, 2.75) is 58.4 Å². The molecule has 2 aliphatic rings. The Balaban J connectivity index is 1.88. The molecule has 0 heterocycles. The van der Waals surface area contributed by atoms with Crippen molar-refractivity contribution in [3.8, 4) is 6.07 Å². The summed E-state index contributed by atoms with van der Waals surface area (Å²) in [4.78, 5) is 12.1. The lowest BCUT2D eigenvalue weighted by atomic mass is 9.85. The number of nitrogens with one attached hydrogen (secondary N) is 1. The van der Waals surface area contributed by atoms with Crippen molar-refractivity contribution in [1.82, 2.24) is 5.32 Å². The van der Waals surface area contributed by atoms with E-state index in [1.54, 1.807) is 0 Å². The Kier molecular flexibility index (Phi) is 3.66. The first-order chi connectivity index (χ1) is 8.44. The Hall–Kier alpha value is -1.04. The molecular formula is C15H24N2O.